The van der Waals surface area contributed by atoms with Crippen LogP contribution in [0.2, 0.25) is 0 Å². The Labute approximate surface area is 80.5 Å². The van der Waals surface area contributed by atoms with Gasteiger partial charge in [0.15, 0.2) is 0 Å². The van der Waals surface area contributed by atoms with Crippen LogP contribution in [-0.4, -0.2) is 23.8 Å². The predicted molar refractivity (Wildman–Crippen MR) is 54.2 cm³/mol. The first-order chi connectivity index (χ1) is 6.24. The van der Waals surface area contributed by atoms with E-state index < -0.39 is 0 Å². The third kappa shape index (κ3) is 3.63. The Kier molecular flexibility index (Phi) is 4.70. The Hall–Kier alpha value is -0.120. The predicted octanol–water partition coefficient (Wildman–Crippen LogP) is 0.604. The Balaban J connectivity index is 2.35. The van der Waals surface area contributed by atoms with Crippen LogP contribution >= 0.6 is 0 Å². The number of nitrogens with two attached hydrogens (primary N) is 2. The van der Waals surface area contributed by atoms with Gasteiger partial charge in [-0.15, -0.1) is 0 Å². The lowest BCUT2D eigenvalue weighted by Gasteiger charge is -2.23. The Morgan fingerprint density at radius 3 is 2.62 bits per heavy atom. The van der Waals surface area contributed by atoms with Crippen LogP contribution in [0.4, 0.5) is 0 Å². The van der Waals surface area contributed by atoms with Gasteiger partial charge in [0.05, 0.1) is 6.10 Å². The summed E-state index contributed by atoms with van der Waals surface area (Å²) in [6.45, 7) is 0.364. The number of hydrogen-bond donors (Lipinski definition) is 3. The maximum Gasteiger partial charge on any atom is 0.0665 e. The number of aliphatic hydroxyl groups excluding tert-OH is 1. The highest BCUT2D eigenvalue weighted by Gasteiger charge is 2.22. The van der Waals surface area contributed by atoms with E-state index in [1.807, 2.05) is 0 Å². The number of rotatable bonds is 3. The second-order valence-corrected chi connectivity index (χ2v) is 4.19. The van der Waals surface area contributed by atoms with Gasteiger partial charge in [-0.25, -0.2) is 0 Å². The molecule has 5 N–H and O–H groups in total. The van der Waals surface area contributed by atoms with E-state index in [-0.39, 0.29) is 12.1 Å². The molecule has 1 unspecified atom stereocenters. The van der Waals surface area contributed by atoms with Gasteiger partial charge < -0.3 is 16.6 Å². The van der Waals surface area contributed by atoms with Crippen molar-refractivity contribution >= 4 is 0 Å². The molecule has 3 atom stereocenters. The van der Waals surface area contributed by atoms with Crippen LogP contribution in [0.15, 0.2) is 0 Å². The standard InChI is InChI=1S/C10H22N2O/c11-7-9(13)6-8-4-2-1-3-5-10(8)12/h8-10,13H,1-7,11-12H2/t8-,9?,10+/m0/s1. The second kappa shape index (κ2) is 5.58. The normalized spacial score (nSPS) is 32.5. The smallest absolute Gasteiger partial charge is 0.0665 e. The van der Waals surface area contributed by atoms with Crippen molar-refractivity contribution in [3.05, 3.63) is 0 Å². The third-order valence-electron chi connectivity index (χ3n) is 3.06. The molecule has 3 heteroatoms. The van der Waals surface area contributed by atoms with Crippen LogP contribution in [0.25, 0.3) is 0 Å². The van der Waals surface area contributed by atoms with Gasteiger partial charge in [0, 0.05) is 12.6 Å². The molecule has 3 nitrogen and oxygen atoms in total. The lowest BCUT2D eigenvalue weighted by Crippen LogP contribution is -2.33. The van der Waals surface area contributed by atoms with Gasteiger partial charge in [0.1, 0.15) is 0 Å². The number of aliphatic hydroxyl groups is 1. The molecule has 0 bridgehead atoms. The summed E-state index contributed by atoms with van der Waals surface area (Å²) in [7, 11) is 0. The number of hydrogen-bond acceptors (Lipinski definition) is 3. The van der Waals surface area contributed by atoms with E-state index in [0.717, 1.165) is 19.3 Å². The first-order valence-corrected chi connectivity index (χ1v) is 5.37. The zero-order valence-corrected chi connectivity index (χ0v) is 8.28. The highest BCUT2D eigenvalue weighted by Crippen LogP contribution is 2.25. The van der Waals surface area contributed by atoms with Gasteiger partial charge in [0.2, 0.25) is 0 Å². The molecule has 1 aliphatic rings. The molecular formula is C10H22N2O. The molecule has 1 fully saturated rings. The highest BCUT2D eigenvalue weighted by molar-refractivity contribution is 4.78. The molecule has 0 radical (unpaired) electrons. The molecule has 0 saturated heterocycles. The van der Waals surface area contributed by atoms with E-state index in [2.05, 4.69) is 0 Å². The minimum absolute atomic E-state index is 0.281. The van der Waals surface area contributed by atoms with Gasteiger partial charge in [-0.05, 0) is 25.2 Å². The van der Waals surface area contributed by atoms with E-state index in [9.17, 15) is 5.11 Å². The molecule has 1 rings (SSSR count). The first-order valence-electron chi connectivity index (χ1n) is 5.37. The van der Waals surface area contributed by atoms with Crippen LogP contribution in [0, 0.1) is 5.92 Å². The Morgan fingerprint density at radius 1 is 1.23 bits per heavy atom. The molecule has 1 saturated carbocycles. The van der Waals surface area contributed by atoms with Crippen LogP contribution in [0.3, 0.4) is 0 Å². The fourth-order valence-electron chi connectivity index (χ4n) is 2.15. The molecule has 78 valence electrons. The van der Waals surface area contributed by atoms with Crippen molar-refractivity contribution in [2.45, 2.75) is 50.7 Å². The lowest BCUT2D eigenvalue weighted by molar-refractivity contribution is 0.139. The average molecular weight is 186 g/mol. The van der Waals surface area contributed by atoms with Crippen molar-refractivity contribution in [1.29, 1.82) is 0 Å². The zero-order chi connectivity index (χ0) is 9.68. The summed E-state index contributed by atoms with van der Waals surface area (Å²) in [6, 6.07) is 0.281. The topological polar surface area (TPSA) is 72.3 Å². The van der Waals surface area contributed by atoms with E-state index in [4.69, 9.17) is 11.5 Å². The van der Waals surface area contributed by atoms with Gasteiger partial charge >= 0.3 is 0 Å². The van der Waals surface area contributed by atoms with E-state index >= 15 is 0 Å². The summed E-state index contributed by atoms with van der Waals surface area (Å²) in [5, 5.41) is 9.44. The minimum Gasteiger partial charge on any atom is -0.392 e. The first kappa shape index (κ1) is 11.0. The van der Waals surface area contributed by atoms with Crippen molar-refractivity contribution in [2.75, 3.05) is 6.54 Å². The maximum atomic E-state index is 9.44. The summed E-state index contributed by atoms with van der Waals surface area (Å²) in [4.78, 5) is 0. The molecule has 1 aliphatic carbocycles. The van der Waals surface area contributed by atoms with Gasteiger partial charge in [-0.2, -0.15) is 0 Å². The molecule has 0 aliphatic heterocycles. The Bertz CT molecular complexity index is 141. The van der Waals surface area contributed by atoms with Crippen molar-refractivity contribution in [1.82, 2.24) is 0 Å². The monoisotopic (exact) mass is 186 g/mol. The second-order valence-electron chi connectivity index (χ2n) is 4.19. The summed E-state index contributed by atoms with van der Waals surface area (Å²) in [5.74, 6) is 0.487. The van der Waals surface area contributed by atoms with E-state index in [1.165, 1.54) is 19.3 Å². The minimum atomic E-state index is -0.353. The van der Waals surface area contributed by atoms with E-state index in [1.54, 1.807) is 0 Å². The van der Waals surface area contributed by atoms with Gasteiger partial charge in [-0.3, -0.25) is 0 Å². The molecule has 0 aromatic carbocycles. The lowest BCUT2D eigenvalue weighted by atomic mass is 9.90. The van der Waals surface area contributed by atoms with Crippen molar-refractivity contribution in [2.24, 2.45) is 17.4 Å². The molecule has 0 heterocycles. The summed E-state index contributed by atoms with van der Waals surface area (Å²) < 4.78 is 0. The zero-order valence-electron chi connectivity index (χ0n) is 8.28. The molecule has 0 aromatic heterocycles. The van der Waals surface area contributed by atoms with Crippen molar-refractivity contribution in [3.8, 4) is 0 Å². The van der Waals surface area contributed by atoms with Crippen LogP contribution in [0.1, 0.15) is 38.5 Å². The van der Waals surface area contributed by atoms with Gasteiger partial charge in [-0.1, -0.05) is 19.3 Å². The molecule has 0 spiro atoms. The van der Waals surface area contributed by atoms with Crippen molar-refractivity contribution in [3.63, 3.8) is 0 Å². The molecule has 13 heavy (non-hydrogen) atoms. The Morgan fingerprint density at radius 2 is 1.92 bits per heavy atom. The fourth-order valence-corrected chi connectivity index (χ4v) is 2.15. The quantitative estimate of drug-likeness (QED) is 0.565. The molecular weight excluding hydrogens is 164 g/mol. The SMILES string of the molecule is NCC(O)C[C@@H]1CCCCC[C@H]1N. The summed E-state index contributed by atoms with van der Waals surface area (Å²) in [5.41, 5.74) is 11.4. The summed E-state index contributed by atoms with van der Waals surface area (Å²) in [6.07, 6.45) is 6.52. The average Bonchev–Trinajstić information content (AvgIpc) is 2.32. The largest absolute Gasteiger partial charge is 0.392 e. The van der Waals surface area contributed by atoms with E-state index in [0.29, 0.717) is 12.5 Å². The van der Waals surface area contributed by atoms with Gasteiger partial charge in [0.25, 0.3) is 0 Å². The highest BCUT2D eigenvalue weighted by atomic mass is 16.3. The third-order valence-corrected chi connectivity index (χ3v) is 3.06. The van der Waals surface area contributed by atoms with Crippen LogP contribution < -0.4 is 11.5 Å². The van der Waals surface area contributed by atoms with Crippen LogP contribution in [-0.2, 0) is 0 Å². The fraction of sp³-hybridized carbons (Fsp3) is 1.00. The van der Waals surface area contributed by atoms with Crippen LogP contribution in [0.5, 0.6) is 0 Å². The summed E-state index contributed by atoms with van der Waals surface area (Å²) >= 11 is 0. The molecule has 0 aromatic rings. The van der Waals surface area contributed by atoms with Crippen molar-refractivity contribution < 1.29 is 5.11 Å². The maximum absolute atomic E-state index is 9.44. The molecule has 0 amide bonds.